The molecule has 41 heavy (non-hydrogen) atoms. The average molecular weight is 579 g/mol. The third-order valence-corrected chi connectivity index (χ3v) is 8.58. The molecule has 1 aliphatic carbocycles. The minimum atomic E-state index is -3.36. The zero-order chi connectivity index (χ0) is 29.7. The van der Waals surface area contributed by atoms with Crippen LogP contribution >= 0.6 is 0 Å². The monoisotopic (exact) mass is 578 g/mol. The summed E-state index contributed by atoms with van der Waals surface area (Å²) in [5.41, 5.74) is 0.954. The van der Waals surface area contributed by atoms with E-state index < -0.39 is 23.7 Å². The maximum Gasteiger partial charge on any atom is 0.307 e. The zero-order valence-corrected chi connectivity index (χ0v) is 24.8. The van der Waals surface area contributed by atoms with Crippen LogP contribution in [0.5, 0.6) is 0 Å². The molecule has 0 radical (unpaired) electrons. The number of carbonyl (C=O) groups excluding carboxylic acids is 3. The highest BCUT2D eigenvalue weighted by atomic mass is 19.3. The second kappa shape index (κ2) is 17.1. The highest BCUT2D eigenvalue weighted by Gasteiger charge is 2.47. The molecule has 1 saturated heterocycles. The third kappa shape index (κ3) is 10.5. The van der Waals surface area contributed by atoms with E-state index in [0.29, 0.717) is 38.7 Å². The van der Waals surface area contributed by atoms with E-state index in [1.165, 1.54) is 6.92 Å². The minimum Gasteiger partial charge on any atom is -0.461 e. The summed E-state index contributed by atoms with van der Waals surface area (Å²) in [5, 5.41) is 0. The molecule has 1 aliphatic heterocycles. The number of ether oxygens (including phenoxy) is 3. The summed E-state index contributed by atoms with van der Waals surface area (Å²) in [6.07, 6.45) is 7.15. The summed E-state index contributed by atoms with van der Waals surface area (Å²) in [6.45, 7) is 4.14. The molecular formula is C33H48F2O6. The van der Waals surface area contributed by atoms with Crippen LogP contribution in [0, 0.1) is 17.8 Å². The van der Waals surface area contributed by atoms with Crippen LogP contribution in [0.3, 0.4) is 0 Å². The van der Waals surface area contributed by atoms with Crippen molar-refractivity contribution in [1.82, 2.24) is 0 Å². The number of esters is 1. The van der Waals surface area contributed by atoms with Gasteiger partial charge in [-0.25, -0.2) is 0 Å². The predicted molar refractivity (Wildman–Crippen MR) is 152 cm³/mol. The number of ketones is 2. The van der Waals surface area contributed by atoms with E-state index in [1.807, 2.05) is 37.3 Å². The second-order valence-electron chi connectivity index (χ2n) is 11.8. The van der Waals surface area contributed by atoms with Crippen molar-refractivity contribution in [3.63, 3.8) is 0 Å². The molecule has 0 N–H and O–H groups in total. The molecule has 1 aromatic rings. The first kappa shape index (κ1) is 33.3. The van der Waals surface area contributed by atoms with Gasteiger partial charge in [0.05, 0.1) is 6.10 Å². The number of benzene rings is 1. The van der Waals surface area contributed by atoms with Gasteiger partial charge in [0.1, 0.15) is 12.4 Å². The van der Waals surface area contributed by atoms with Gasteiger partial charge in [0.15, 0.2) is 6.29 Å². The first-order valence-corrected chi connectivity index (χ1v) is 15.6. The molecule has 0 spiro atoms. The summed E-state index contributed by atoms with van der Waals surface area (Å²) >= 11 is 0. The number of hydrogen-bond acceptors (Lipinski definition) is 6. The summed E-state index contributed by atoms with van der Waals surface area (Å²) in [4.78, 5) is 37.7. The smallest absolute Gasteiger partial charge is 0.307 e. The van der Waals surface area contributed by atoms with Crippen LogP contribution in [0.25, 0.3) is 0 Å². The van der Waals surface area contributed by atoms with Crippen LogP contribution in [-0.2, 0) is 35.2 Å². The molecule has 1 aromatic carbocycles. The minimum absolute atomic E-state index is 0.0823. The number of carbonyl (C=O) groups is 3. The highest BCUT2D eigenvalue weighted by Crippen LogP contribution is 2.40. The Bertz CT molecular complexity index is 946. The maximum atomic E-state index is 14.7. The molecule has 0 amide bonds. The van der Waals surface area contributed by atoms with Crippen LogP contribution in [0.1, 0.15) is 109 Å². The molecule has 1 heterocycles. The van der Waals surface area contributed by atoms with Gasteiger partial charge in [-0.3, -0.25) is 14.4 Å². The molecule has 2 aliphatic rings. The molecule has 0 aromatic heterocycles. The van der Waals surface area contributed by atoms with Crippen molar-refractivity contribution in [1.29, 1.82) is 0 Å². The Labute approximate surface area is 243 Å². The van der Waals surface area contributed by atoms with E-state index in [4.69, 9.17) is 14.2 Å². The summed E-state index contributed by atoms with van der Waals surface area (Å²) in [7, 11) is 0. The molecule has 0 bridgehead atoms. The van der Waals surface area contributed by atoms with Gasteiger partial charge in [0, 0.05) is 37.7 Å². The Morgan fingerprint density at radius 1 is 1.05 bits per heavy atom. The van der Waals surface area contributed by atoms with Crippen LogP contribution in [-0.4, -0.2) is 42.5 Å². The predicted octanol–water partition coefficient (Wildman–Crippen LogP) is 7.61. The number of alkyl halides is 2. The topological polar surface area (TPSA) is 78.9 Å². The van der Waals surface area contributed by atoms with E-state index in [9.17, 15) is 23.2 Å². The normalized spacial score (nSPS) is 23.9. The SMILES string of the molecule is CCC[C@@H](C)C(F)(F)C(=O)CC[C@H]1[C@H](OC2CCCCO2)CC(=O)[C@@H]1CCCCCCC(=O)OCc1ccccc1. The van der Waals surface area contributed by atoms with Crippen LogP contribution in [0.15, 0.2) is 30.3 Å². The first-order chi connectivity index (χ1) is 19.7. The van der Waals surface area contributed by atoms with E-state index >= 15 is 0 Å². The zero-order valence-electron chi connectivity index (χ0n) is 24.8. The van der Waals surface area contributed by atoms with Gasteiger partial charge >= 0.3 is 11.9 Å². The molecule has 2 fully saturated rings. The largest absolute Gasteiger partial charge is 0.461 e. The lowest BCUT2D eigenvalue weighted by molar-refractivity contribution is -0.196. The van der Waals surface area contributed by atoms with Gasteiger partial charge < -0.3 is 14.2 Å². The number of hydrogen-bond donors (Lipinski definition) is 0. The van der Waals surface area contributed by atoms with Crippen LogP contribution < -0.4 is 0 Å². The van der Waals surface area contributed by atoms with Gasteiger partial charge in [0.25, 0.3) is 0 Å². The molecule has 3 rings (SSSR count). The number of unbranched alkanes of at least 4 members (excludes halogenated alkanes) is 3. The van der Waals surface area contributed by atoms with E-state index in [0.717, 1.165) is 44.1 Å². The number of rotatable bonds is 18. The van der Waals surface area contributed by atoms with E-state index in [1.54, 1.807) is 0 Å². The van der Waals surface area contributed by atoms with Crippen molar-refractivity contribution in [2.45, 2.75) is 129 Å². The summed E-state index contributed by atoms with van der Waals surface area (Å²) in [6, 6.07) is 9.55. The first-order valence-electron chi connectivity index (χ1n) is 15.6. The molecule has 1 unspecified atom stereocenters. The van der Waals surface area contributed by atoms with Gasteiger partial charge in [-0.1, -0.05) is 69.9 Å². The van der Waals surface area contributed by atoms with E-state index in [2.05, 4.69) is 0 Å². The van der Waals surface area contributed by atoms with Crippen LogP contribution in [0.4, 0.5) is 8.78 Å². The standard InChI is InChI=1S/C33H48F2O6/c1-3-13-24(2)33(34,35)30(37)20-19-27-26(28(36)22-29(27)41-32-18-11-12-21-39-32)16-9-4-5-10-17-31(38)40-23-25-14-7-6-8-15-25/h6-8,14-15,24,26-27,29,32H,3-5,9-13,16-23H2,1-2H3/t24-,26-,27-,29-,32?/m1/s1. The molecule has 5 atom stereocenters. The quantitative estimate of drug-likeness (QED) is 0.132. The van der Waals surface area contributed by atoms with Gasteiger partial charge in [-0.2, -0.15) is 8.78 Å². The van der Waals surface area contributed by atoms with Gasteiger partial charge in [0.2, 0.25) is 5.78 Å². The highest BCUT2D eigenvalue weighted by molar-refractivity contribution is 5.87. The van der Waals surface area contributed by atoms with Crippen molar-refractivity contribution in [2.75, 3.05) is 6.61 Å². The lowest BCUT2D eigenvalue weighted by Crippen LogP contribution is -2.37. The molecule has 1 saturated carbocycles. The summed E-state index contributed by atoms with van der Waals surface area (Å²) < 4.78 is 46.7. The van der Waals surface area contributed by atoms with Crippen LogP contribution in [0.2, 0.25) is 0 Å². The lowest BCUT2D eigenvalue weighted by atomic mass is 9.84. The van der Waals surface area contributed by atoms with Crippen molar-refractivity contribution >= 4 is 17.5 Å². The van der Waals surface area contributed by atoms with Crippen molar-refractivity contribution in [3.8, 4) is 0 Å². The number of Topliss-reactive ketones (excluding diaryl/α,β-unsaturated/α-hetero) is 2. The van der Waals surface area contributed by atoms with Crippen molar-refractivity contribution in [3.05, 3.63) is 35.9 Å². The lowest BCUT2D eigenvalue weighted by Gasteiger charge is -2.30. The molecule has 8 heteroatoms. The molecular weight excluding hydrogens is 530 g/mol. The Hall–Kier alpha value is -2.19. The van der Waals surface area contributed by atoms with Gasteiger partial charge in [-0.05, 0) is 56.4 Å². The Kier molecular flexibility index (Phi) is 13.9. The average Bonchev–Trinajstić information content (AvgIpc) is 3.26. The maximum absolute atomic E-state index is 14.7. The molecule has 230 valence electrons. The summed E-state index contributed by atoms with van der Waals surface area (Å²) in [5.74, 6) is -6.13. The van der Waals surface area contributed by atoms with E-state index in [-0.39, 0.29) is 55.7 Å². The fourth-order valence-corrected chi connectivity index (χ4v) is 6.07. The van der Waals surface area contributed by atoms with Crippen molar-refractivity contribution in [2.24, 2.45) is 17.8 Å². The fourth-order valence-electron chi connectivity index (χ4n) is 6.07. The van der Waals surface area contributed by atoms with Crippen molar-refractivity contribution < 1.29 is 37.4 Å². The Morgan fingerprint density at radius 2 is 1.80 bits per heavy atom. The Morgan fingerprint density at radius 3 is 2.51 bits per heavy atom. The fraction of sp³-hybridized carbons (Fsp3) is 0.727. The molecule has 6 nitrogen and oxygen atoms in total. The Balaban J connectivity index is 1.47. The number of halogens is 2. The van der Waals surface area contributed by atoms with Gasteiger partial charge in [-0.15, -0.1) is 0 Å². The third-order valence-electron chi connectivity index (χ3n) is 8.58. The second-order valence-corrected chi connectivity index (χ2v) is 11.8.